The number of alkyl halides is 2. The summed E-state index contributed by atoms with van der Waals surface area (Å²) in [6.45, 7) is 1.24. The molecule has 0 saturated carbocycles. The molecule has 0 aromatic heterocycles. The highest BCUT2D eigenvalue weighted by molar-refractivity contribution is 6.35. The number of hydrogen-bond acceptors (Lipinski definition) is 2. The molecule has 0 aliphatic carbocycles. The molecule has 2 nitrogen and oxygen atoms in total. The number of hydrogen-bond donors (Lipinski definition) is 1. The fourth-order valence-electron chi connectivity index (χ4n) is 1.50. The van der Waals surface area contributed by atoms with E-state index in [1.165, 1.54) is 6.07 Å². The highest BCUT2D eigenvalue weighted by Gasteiger charge is 2.15. The predicted molar refractivity (Wildman–Crippen MR) is 69.9 cm³/mol. The van der Waals surface area contributed by atoms with Crippen LogP contribution in [0.5, 0.6) is 5.75 Å². The largest absolute Gasteiger partial charge is 0.486 e. The molecule has 6 heteroatoms. The van der Waals surface area contributed by atoms with Gasteiger partial charge in [-0.15, -0.1) is 0 Å². The maximum atomic E-state index is 12.2. The zero-order chi connectivity index (χ0) is 13.7. The maximum absolute atomic E-state index is 12.2. The molecule has 0 aliphatic heterocycles. The van der Waals surface area contributed by atoms with Gasteiger partial charge in [-0.2, -0.15) is 0 Å². The number of nitrogens with two attached hydrogens (primary N) is 1. The van der Waals surface area contributed by atoms with Crippen molar-refractivity contribution in [2.24, 2.45) is 5.73 Å². The second-order valence-corrected chi connectivity index (χ2v) is 4.79. The van der Waals surface area contributed by atoms with E-state index in [1.807, 2.05) is 6.92 Å². The standard InChI is InChI=1S/C12H15Cl2F2NO/c1-2-9(17)4-7-3-8(13)5-10(14)12(7)18-6-11(15)16/h3,5,9,11H,2,4,6,17H2,1H3. The van der Waals surface area contributed by atoms with Crippen LogP contribution in [0.15, 0.2) is 12.1 Å². The second kappa shape index (κ2) is 7.12. The van der Waals surface area contributed by atoms with Crippen molar-refractivity contribution in [1.82, 2.24) is 0 Å². The van der Waals surface area contributed by atoms with E-state index in [0.717, 1.165) is 6.42 Å². The van der Waals surface area contributed by atoms with Crippen molar-refractivity contribution in [2.75, 3.05) is 6.61 Å². The summed E-state index contributed by atoms with van der Waals surface area (Å²) in [7, 11) is 0. The van der Waals surface area contributed by atoms with Gasteiger partial charge in [-0.25, -0.2) is 8.78 Å². The summed E-state index contributed by atoms with van der Waals surface area (Å²) in [5.74, 6) is 0.241. The Morgan fingerprint density at radius 3 is 2.56 bits per heavy atom. The van der Waals surface area contributed by atoms with Crippen LogP contribution in [0, 0.1) is 0 Å². The highest BCUT2D eigenvalue weighted by atomic mass is 35.5. The molecule has 0 radical (unpaired) electrons. The van der Waals surface area contributed by atoms with Crippen LogP contribution in [0.3, 0.4) is 0 Å². The Morgan fingerprint density at radius 1 is 1.33 bits per heavy atom. The monoisotopic (exact) mass is 297 g/mol. The molecule has 0 spiro atoms. The molecule has 1 rings (SSSR count). The van der Waals surface area contributed by atoms with Crippen LogP contribution < -0.4 is 10.5 Å². The summed E-state index contributed by atoms with van der Waals surface area (Å²) < 4.78 is 29.4. The number of ether oxygens (including phenoxy) is 1. The molecule has 0 saturated heterocycles. The Morgan fingerprint density at radius 2 is 2.00 bits per heavy atom. The Kier molecular flexibility index (Phi) is 6.12. The van der Waals surface area contributed by atoms with Gasteiger partial charge in [-0.1, -0.05) is 30.1 Å². The van der Waals surface area contributed by atoms with Crippen molar-refractivity contribution < 1.29 is 13.5 Å². The van der Waals surface area contributed by atoms with Crippen molar-refractivity contribution in [3.63, 3.8) is 0 Å². The predicted octanol–water partition coefficient (Wildman–Crippen LogP) is 3.92. The lowest BCUT2D eigenvalue weighted by Crippen LogP contribution is -2.22. The van der Waals surface area contributed by atoms with Crippen LogP contribution in [0.25, 0.3) is 0 Å². The normalized spacial score (nSPS) is 12.8. The third-order valence-corrected chi connectivity index (χ3v) is 2.94. The first-order valence-corrected chi connectivity index (χ1v) is 6.34. The molecule has 0 bridgehead atoms. The van der Waals surface area contributed by atoms with Crippen LogP contribution in [0.4, 0.5) is 8.78 Å². The maximum Gasteiger partial charge on any atom is 0.272 e. The van der Waals surface area contributed by atoms with Crippen LogP contribution in [-0.4, -0.2) is 19.1 Å². The molecule has 1 atom stereocenters. The average molecular weight is 298 g/mol. The van der Waals surface area contributed by atoms with E-state index in [-0.39, 0.29) is 16.8 Å². The molecular weight excluding hydrogens is 283 g/mol. The lowest BCUT2D eigenvalue weighted by molar-refractivity contribution is 0.0814. The molecule has 0 heterocycles. The highest BCUT2D eigenvalue weighted by Crippen LogP contribution is 2.33. The summed E-state index contributed by atoms with van der Waals surface area (Å²) >= 11 is 11.8. The number of benzene rings is 1. The van der Waals surface area contributed by atoms with E-state index in [0.29, 0.717) is 17.0 Å². The molecule has 0 fully saturated rings. The summed E-state index contributed by atoms with van der Waals surface area (Å²) in [5.41, 5.74) is 6.50. The molecule has 1 aromatic carbocycles. The Labute approximate surface area is 115 Å². The smallest absolute Gasteiger partial charge is 0.272 e. The van der Waals surface area contributed by atoms with E-state index in [1.54, 1.807) is 6.07 Å². The molecular formula is C12H15Cl2F2NO. The van der Waals surface area contributed by atoms with Gasteiger partial charge in [0, 0.05) is 11.1 Å². The zero-order valence-corrected chi connectivity index (χ0v) is 11.4. The van der Waals surface area contributed by atoms with Crippen molar-refractivity contribution in [1.29, 1.82) is 0 Å². The van der Waals surface area contributed by atoms with E-state index in [4.69, 9.17) is 33.7 Å². The summed E-state index contributed by atoms with van der Waals surface area (Å²) in [4.78, 5) is 0. The molecule has 18 heavy (non-hydrogen) atoms. The van der Waals surface area contributed by atoms with E-state index in [9.17, 15) is 8.78 Å². The van der Waals surface area contributed by atoms with E-state index in [2.05, 4.69) is 0 Å². The lowest BCUT2D eigenvalue weighted by atomic mass is 10.0. The zero-order valence-electron chi connectivity index (χ0n) is 9.93. The van der Waals surface area contributed by atoms with Gasteiger partial charge in [0.05, 0.1) is 5.02 Å². The van der Waals surface area contributed by atoms with Gasteiger partial charge in [-0.3, -0.25) is 0 Å². The molecule has 0 amide bonds. The third-order valence-electron chi connectivity index (χ3n) is 2.45. The van der Waals surface area contributed by atoms with Gasteiger partial charge in [0.25, 0.3) is 6.43 Å². The lowest BCUT2D eigenvalue weighted by Gasteiger charge is -2.16. The molecule has 1 aromatic rings. The summed E-state index contributed by atoms with van der Waals surface area (Å²) in [5, 5.41) is 0.657. The number of halogens is 4. The topological polar surface area (TPSA) is 35.2 Å². The van der Waals surface area contributed by atoms with Crippen molar-refractivity contribution in [3.8, 4) is 5.75 Å². The second-order valence-electron chi connectivity index (χ2n) is 3.95. The minimum atomic E-state index is -2.55. The van der Waals surface area contributed by atoms with E-state index >= 15 is 0 Å². The SMILES string of the molecule is CCC(N)Cc1cc(Cl)cc(Cl)c1OCC(F)F. The first-order valence-electron chi connectivity index (χ1n) is 5.58. The Bertz CT molecular complexity index is 402. The van der Waals surface area contributed by atoms with Crippen molar-refractivity contribution in [3.05, 3.63) is 27.7 Å². The van der Waals surface area contributed by atoms with Gasteiger partial charge in [0.2, 0.25) is 0 Å². The molecule has 0 aliphatic rings. The van der Waals surface area contributed by atoms with Crippen LogP contribution in [0.2, 0.25) is 10.0 Å². The first-order chi connectivity index (χ1) is 8.43. The minimum absolute atomic E-state index is 0.0894. The molecule has 1 unspecified atom stereocenters. The third kappa shape index (κ3) is 4.59. The van der Waals surface area contributed by atoms with Gasteiger partial charge in [0.1, 0.15) is 12.4 Å². The fourth-order valence-corrected chi connectivity index (χ4v) is 2.09. The van der Waals surface area contributed by atoms with Gasteiger partial charge in [0.15, 0.2) is 0 Å². The number of rotatable bonds is 6. The van der Waals surface area contributed by atoms with E-state index < -0.39 is 13.0 Å². The summed E-state index contributed by atoms with van der Waals surface area (Å²) in [6.07, 6.45) is -1.31. The van der Waals surface area contributed by atoms with Gasteiger partial charge >= 0.3 is 0 Å². The molecule has 2 N–H and O–H groups in total. The Hall–Kier alpha value is -0.580. The minimum Gasteiger partial charge on any atom is -0.486 e. The fraction of sp³-hybridized carbons (Fsp3) is 0.500. The Balaban J connectivity index is 2.96. The van der Waals surface area contributed by atoms with Gasteiger partial charge < -0.3 is 10.5 Å². The average Bonchev–Trinajstić information content (AvgIpc) is 2.27. The van der Waals surface area contributed by atoms with Crippen LogP contribution in [0.1, 0.15) is 18.9 Å². The van der Waals surface area contributed by atoms with Crippen LogP contribution in [-0.2, 0) is 6.42 Å². The van der Waals surface area contributed by atoms with Crippen molar-refractivity contribution >= 4 is 23.2 Å². The first kappa shape index (κ1) is 15.5. The quantitative estimate of drug-likeness (QED) is 0.864. The molecule has 102 valence electrons. The van der Waals surface area contributed by atoms with Gasteiger partial charge in [-0.05, 0) is 30.5 Å². The summed E-state index contributed by atoms with van der Waals surface area (Å²) in [6, 6.07) is 3.02. The van der Waals surface area contributed by atoms with Crippen molar-refractivity contribution in [2.45, 2.75) is 32.2 Å². The van der Waals surface area contributed by atoms with Crippen LogP contribution >= 0.6 is 23.2 Å².